The van der Waals surface area contributed by atoms with Gasteiger partial charge in [0.05, 0.1) is 18.1 Å². The van der Waals surface area contributed by atoms with E-state index >= 15 is 0 Å². The van der Waals surface area contributed by atoms with Crippen LogP contribution in [0.1, 0.15) is 30.0 Å². The van der Waals surface area contributed by atoms with Gasteiger partial charge in [-0.3, -0.25) is 4.68 Å². The number of aromatic nitrogens is 2. The number of hydrogen-bond donors (Lipinski definition) is 0. The van der Waals surface area contributed by atoms with Crippen molar-refractivity contribution >= 4 is 10.0 Å². The van der Waals surface area contributed by atoms with E-state index in [4.69, 9.17) is 4.74 Å². The number of rotatable bonds is 4. The fourth-order valence-electron chi connectivity index (χ4n) is 2.83. The number of sulfonamides is 1. The summed E-state index contributed by atoms with van der Waals surface area (Å²) in [4.78, 5) is 0. The SMILES string of the molecule is COCC1CN(S(=O)(=O)C2CC2)Cc2cnn(C)c21. The molecule has 0 bridgehead atoms. The van der Waals surface area contributed by atoms with E-state index in [1.54, 1.807) is 17.6 Å². The number of fused-ring (bicyclic) bond motifs is 1. The van der Waals surface area contributed by atoms with E-state index < -0.39 is 10.0 Å². The van der Waals surface area contributed by atoms with Crippen LogP contribution in [0.4, 0.5) is 0 Å². The van der Waals surface area contributed by atoms with E-state index in [0.717, 1.165) is 24.1 Å². The van der Waals surface area contributed by atoms with Gasteiger partial charge in [0.2, 0.25) is 10.0 Å². The van der Waals surface area contributed by atoms with Crippen LogP contribution >= 0.6 is 0 Å². The maximum absolute atomic E-state index is 12.4. The Hall–Kier alpha value is -0.920. The van der Waals surface area contributed by atoms with Crippen LogP contribution in [-0.2, 0) is 28.4 Å². The molecule has 3 rings (SSSR count). The number of ether oxygens (including phenoxy) is 1. The first-order valence-electron chi connectivity index (χ1n) is 6.52. The van der Waals surface area contributed by atoms with Crippen molar-refractivity contribution in [2.45, 2.75) is 30.6 Å². The third-order valence-corrected chi connectivity index (χ3v) is 6.21. The molecular formula is C12H19N3O3S. The van der Waals surface area contributed by atoms with E-state index in [9.17, 15) is 8.42 Å². The van der Waals surface area contributed by atoms with E-state index in [0.29, 0.717) is 19.7 Å². The summed E-state index contributed by atoms with van der Waals surface area (Å²) in [5, 5.41) is 4.09. The van der Waals surface area contributed by atoms with Crippen molar-refractivity contribution in [2.24, 2.45) is 7.05 Å². The average molecular weight is 285 g/mol. The van der Waals surface area contributed by atoms with Crippen molar-refractivity contribution in [3.63, 3.8) is 0 Å². The molecule has 1 aliphatic carbocycles. The van der Waals surface area contributed by atoms with Crippen LogP contribution in [0.3, 0.4) is 0 Å². The largest absolute Gasteiger partial charge is 0.384 e. The first-order valence-corrected chi connectivity index (χ1v) is 8.03. The van der Waals surface area contributed by atoms with Gasteiger partial charge in [-0.15, -0.1) is 0 Å². The lowest BCUT2D eigenvalue weighted by Crippen LogP contribution is -2.41. The van der Waals surface area contributed by atoms with Crippen LogP contribution in [0.5, 0.6) is 0 Å². The molecule has 1 unspecified atom stereocenters. The van der Waals surface area contributed by atoms with Gasteiger partial charge in [0.1, 0.15) is 0 Å². The summed E-state index contributed by atoms with van der Waals surface area (Å²) in [5.41, 5.74) is 2.10. The van der Waals surface area contributed by atoms with Gasteiger partial charge in [0.15, 0.2) is 0 Å². The van der Waals surface area contributed by atoms with E-state index in [1.807, 2.05) is 11.7 Å². The highest BCUT2D eigenvalue weighted by molar-refractivity contribution is 7.90. The minimum Gasteiger partial charge on any atom is -0.384 e. The Morgan fingerprint density at radius 3 is 2.84 bits per heavy atom. The predicted molar refractivity (Wildman–Crippen MR) is 70.2 cm³/mol. The Kier molecular flexibility index (Phi) is 3.15. The Morgan fingerprint density at radius 2 is 2.21 bits per heavy atom. The summed E-state index contributed by atoms with van der Waals surface area (Å²) in [6.07, 6.45) is 3.37. The molecule has 0 amide bonds. The van der Waals surface area contributed by atoms with Crippen molar-refractivity contribution in [1.29, 1.82) is 0 Å². The second-order valence-corrected chi connectivity index (χ2v) is 7.58. The summed E-state index contributed by atoms with van der Waals surface area (Å²) >= 11 is 0. The van der Waals surface area contributed by atoms with Crippen LogP contribution in [0, 0.1) is 0 Å². The Labute approximate surface area is 113 Å². The van der Waals surface area contributed by atoms with Crippen LogP contribution < -0.4 is 0 Å². The third kappa shape index (κ3) is 2.19. The maximum Gasteiger partial charge on any atom is 0.217 e. The molecule has 106 valence electrons. The normalized spacial score (nSPS) is 24.4. The van der Waals surface area contributed by atoms with Crippen molar-refractivity contribution in [1.82, 2.24) is 14.1 Å². The van der Waals surface area contributed by atoms with Crippen molar-refractivity contribution < 1.29 is 13.2 Å². The molecule has 2 aliphatic rings. The summed E-state index contributed by atoms with van der Waals surface area (Å²) in [5.74, 6) is 0.0646. The Bertz CT molecular complexity index is 577. The molecular weight excluding hydrogens is 266 g/mol. The van der Waals surface area contributed by atoms with Gasteiger partial charge in [0.25, 0.3) is 0 Å². The van der Waals surface area contributed by atoms with Gasteiger partial charge >= 0.3 is 0 Å². The fraction of sp³-hybridized carbons (Fsp3) is 0.750. The zero-order valence-corrected chi connectivity index (χ0v) is 12.1. The molecule has 1 saturated carbocycles. The molecule has 1 aliphatic heterocycles. The van der Waals surface area contributed by atoms with Gasteiger partial charge in [-0.25, -0.2) is 8.42 Å². The second kappa shape index (κ2) is 4.57. The number of nitrogens with zero attached hydrogens (tertiary/aromatic N) is 3. The second-order valence-electron chi connectivity index (χ2n) is 5.37. The maximum atomic E-state index is 12.4. The minimum atomic E-state index is -3.13. The minimum absolute atomic E-state index is 0.0646. The van der Waals surface area contributed by atoms with E-state index in [-0.39, 0.29) is 11.2 Å². The highest BCUT2D eigenvalue weighted by Gasteiger charge is 2.43. The molecule has 1 atom stereocenters. The van der Waals surface area contributed by atoms with Crippen LogP contribution in [0.25, 0.3) is 0 Å². The first kappa shape index (κ1) is 13.1. The highest BCUT2D eigenvalue weighted by atomic mass is 32.2. The third-order valence-electron chi connectivity index (χ3n) is 3.90. The van der Waals surface area contributed by atoms with Gasteiger partial charge in [-0.05, 0) is 12.8 Å². The lowest BCUT2D eigenvalue weighted by atomic mass is 9.99. The number of aryl methyl sites for hydroxylation is 1. The monoisotopic (exact) mass is 285 g/mol. The van der Waals surface area contributed by atoms with Gasteiger partial charge in [-0.1, -0.05) is 0 Å². The predicted octanol–water partition coefficient (Wildman–Crippen LogP) is 0.458. The Morgan fingerprint density at radius 1 is 1.47 bits per heavy atom. The highest BCUT2D eigenvalue weighted by Crippen LogP contribution is 2.36. The van der Waals surface area contributed by atoms with Gasteiger partial charge < -0.3 is 4.74 Å². The van der Waals surface area contributed by atoms with E-state index in [1.165, 1.54) is 0 Å². The summed E-state index contributed by atoms with van der Waals surface area (Å²) in [6, 6.07) is 0. The van der Waals surface area contributed by atoms with Gasteiger partial charge in [0, 0.05) is 44.4 Å². The molecule has 0 aromatic carbocycles. The molecule has 0 radical (unpaired) electrons. The molecule has 1 aromatic rings. The zero-order chi connectivity index (χ0) is 13.6. The summed E-state index contributed by atoms with van der Waals surface area (Å²) in [6.45, 7) is 1.46. The molecule has 6 nitrogen and oxygen atoms in total. The number of methoxy groups -OCH3 is 1. The average Bonchev–Trinajstić information content (AvgIpc) is 3.15. The molecule has 0 saturated heterocycles. The van der Waals surface area contributed by atoms with Crippen LogP contribution in [0.15, 0.2) is 6.20 Å². The van der Waals surface area contributed by atoms with E-state index in [2.05, 4.69) is 5.10 Å². The standard InChI is InChI=1S/C12H19N3O3S/c1-14-12-9(5-13-14)6-15(7-10(12)8-18-2)19(16,17)11-3-4-11/h5,10-11H,3-4,6-8H2,1-2H3. The lowest BCUT2D eigenvalue weighted by molar-refractivity contribution is 0.159. The van der Waals surface area contributed by atoms with Gasteiger partial charge in [-0.2, -0.15) is 9.40 Å². The Balaban J connectivity index is 1.92. The first-order chi connectivity index (χ1) is 9.04. The quantitative estimate of drug-likeness (QED) is 0.806. The summed E-state index contributed by atoms with van der Waals surface area (Å²) < 4.78 is 33.4. The molecule has 19 heavy (non-hydrogen) atoms. The van der Waals surface area contributed by atoms with Crippen LogP contribution in [0.2, 0.25) is 0 Å². The van der Waals surface area contributed by atoms with Crippen molar-refractivity contribution in [2.75, 3.05) is 20.3 Å². The molecule has 1 fully saturated rings. The van der Waals surface area contributed by atoms with Crippen molar-refractivity contribution in [3.05, 3.63) is 17.5 Å². The smallest absolute Gasteiger partial charge is 0.217 e. The molecule has 1 aromatic heterocycles. The van der Waals surface area contributed by atoms with Crippen molar-refractivity contribution in [3.8, 4) is 0 Å². The molecule has 2 heterocycles. The molecule has 7 heteroatoms. The zero-order valence-electron chi connectivity index (χ0n) is 11.2. The topological polar surface area (TPSA) is 64.4 Å². The summed E-state index contributed by atoms with van der Waals surface area (Å²) in [7, 11) is 0.406. The van der Waals surface area contributed by atoms with Crippen LogP contribution in [-0.4, -0.2) is 48.0 Å². The molecule has 0 N–H and O–H groups in total. The number of hydrogen-bond acceptors (Lipinski definition) is 4. The molecule has 0 spiro atoms. The lowest BCUT2D eigenvalue weighted by Gasteiger charge is -2.32. The fourth-order valence-corrected chi connectivity index (χ4v) is 4.69.